The molecule has 0 bridgehead atoms. The number of carbonyl (C=O) groups excluding carboxylic acids is 2. The van der Waals surface area contributed by atoms with Gasteiger partial charge in [0.15, 0.2) is 0 Å². The number of nitrogens with two attached hydrogens (primary N) is 1. The highest BCUT2D eigenvalue weighted by Gasteiger charge is 2.04. The van der Waals surface area contributed by atoms with E-state index in [0.717, 1.165) is 0 Å². The fraction of sp³-hybridized carbons (Fsp3) is 0.333. The second-order valence-corrected chi connectivity index (χ2v) is 4.74. The van der Waals surface area contributed by atoms with Crippen LogP contribution in [0.15, 0.2) is 18.2 Å². The highest BCUT2D eigenvalue weighted by molar-refractivity contribution is 6.42. The summed E-state index contributed by atoms with van der Waals surface area (Å²) in [4.78, 5) is 22.0. The van der Waals surface area contributed by atoms with Crippen molar-refractivity contribution >= 4 is 40.8 Å². The van der Waals surface area contributed by atoms with Crippen molar-refractivity contribution in [1.82, 2.24) is 5.32 Å². The average Bonchev–Trinajstić information content (AvgIpc) is 2.33. The third-order valence-corrected chi connectivity index (χ3v) is 3.07. The highest BCUT2D eigenvalue weighted by atomic mass is 35.5. The van der Waals surface area contributed by atoms with Crippen LogP contribution in [0.25, 0.3) is 0 Å². The Labute approximate surface area is 121 Å². The van der Waals surface area contributed by atoms with Crippen LogP contribution in [0.4, 0.5) is 10.5 Å². The maximum atomic E-state index is 11.6. The first kappa shape index (κ1) is 15.6. The molecule has 0 aromatic heterocycles. The number of benzene rings is 1. The molecule has 0 spiro atoms. The Morgan fingerprint density at radius 3 is 2.53 bits per heavy atom. The van der Waals surface area contributed by atoms with Crippen molar-refractivity contribution in [2.45, 2.75) is 19.3 Å². The van der Waals surface area contributed by atoms with E-state index in [0.29, 0.717) is 41.5 Å². The smallest absolute Gasteiger partial charge is 0.312 e. The third-order valence-electron chi connectivity index (χ3n) is 2.33. The summed E-state index contributed by atoms with van der Waals surface area (Å²) in [7, 11) is 0. The number of halogens is 2. The zero-order chi connectivity index (χ0) is 14.3. The first-order valence-corrected chi connectivity index (χ1v) is 6.53. The molecule has 0 saturated heterocycles. The molecule has 0 heterocycles. The third kappa shape index (κ3) is 6.31. The molecule has 0 aliphatic carbocycles. The van der Waals surface area contributed by atoms with Gasteiger partial charge in [-0.1, -0.05) is 23.2 Å². The van der Waals surface area contributed by atoms with Gasteiger partial charge in [0.25, 0.3) is 0 Å². The Hall–Kier alpha value is -1.46. The van der Waals surface area contributed by atoms with Crippen LogP contribution in [0.2, 0.25) is 10.0 Å². The Bertz CT molecular complexity index is 466. The van der Waals surface area contributed by atoms with E-state index in [1.165, 1.54) is 0 Å². The van der Waals surface area contributed by atoms with Gasteiger partial charge in [-0.25, -0.2) is 4.79 Å². The van der Waals surface area contributed by atoms with E-state index in [9.17, 15) is 9.59 Å². The molecule has 1 aromatic carbocycles. The van der Waals surface area contributed by atoms with Gasteiger partial charge in [0, 0.05) is 18.7 Å². The second kappa shape index (κ2) is 7.86. The maximum Gasteiger partial charge on any atom is 0.312 e. The molecule has 0 fully saturated rings. The largest absolute Gasteiger partial charge is 0.352 e. The predicted octanol–water partition coefficient (Wildman–Crippen LogP) is 2.77. The minimum atomic E-state index is -0.555. The van der Waals surface area contributed by atoms with Gasteiger partial charge < -0.3 is 16.4 Å². The zero-order valence-electron chi connectivity index (χ0n) is 10.2. The van der Waals surface area contributed by atoms with Gasteiger partial charge in [0.1, 0.15) is 0 Å². The molecular formula is C12H15Cl2N3O2. The molecule has 0 aliphatic rings. The topological polar surface area (TPSA) is 84.2 Å². The van der Waals surface area contributed by atoms with Gasteiger partial charge >= 0.3 is 6.03 Å². The lowest BCUT2D eigenvalue weighted by Crippen LogP contribution is -2.30. The van der Waals surface area contributed by atoms with Crippen LogP contribution in [0.3, 0.4) is 0 Å². The van der Waals surface area contributed by atoms with Gasteiger partial charge in [-0.05, 0) is 31.0 Å². The minimum absolute atomic E-state index is 0.113. The normalized spacial score (nSPS) is 10.0. The molecule has 104 valence electrons. The van der Waals surface area contributed by atoms with Gasteiger partial charge in [-0.3, -0.25) is 4.79 Å². The summed E-state index contributed by atoms with van der Waals surface area (Å²) >= 11 is 11.6. The number of carbonyl (C=O) groups is 2. The number of hydrogen-bond donors (Lipinski definition) is 3. The minimum Gasteiger partial charge on any atom is -0.352 e. The zero-order valence-corrected chi connectivity index (χ0v) is 11.7. The predicted molar refractivity (Wildman–Crippen MR) is 76.5 cm³/mol. The summed E-state index contributed by atoms with van der Waals surface area (Å²) in [5.41, 5.74) is 5.52. The lowest BCUT2D eigenvalue weighted by molar-refractivity contribution is -0.116. The second-order valence-electron chi connectivity index (χ2n) is 3.93. The van der Waals surface area contributed by atoms with E-state index in [1.807, 2.05) is 0 Å². The van der Waals surface area contributed by atoms with Crippen LogP contribution in [0.5, 0.6) is 0 Å². The number of primary amides is 1. The summed E-state index contributed by atoms with van der Waals surface area (Å²) in [5, 5.41) is 6.01. The Kier molecular flexibility index (Phi) is 6.45. The summed E-state index contributed by atoms with van der Waals surface area (Å²) in [5.74, 6) is -0.113. The molecule has 0 unspecified atom stereocenters. The summed E-state index contributed by atoms with van der Waals surface area (Å²) in [6, 6.07) is 4.34. The van der Waals surface area contributed by atoms with Crippen molar-refractivity contribution < 1.29 is 9.59 Å². The summed E-state index contributed by atoms with van der Waals surface area (Å²) in [6.07, 6.45) is 1.71. The fourth-order valence-electron chi connectivity index (χ4n) is 1.42. The number of anilines is 1. The first-order chi connectivity index (χ1) is 8.99. The number of amides is 3. The highest BCUT2D eigenvalue weighted by Crippen LogP contribution is 2.25. The molecule has 4 N–H and O–H groups in total. The van der Waals surface area contributed by atoms with Gasteiger partial charge in [0.05, 0.1) is 10.0 Å². The number of urea groups is 1. The molecule has 7 heteroatoms. The van der Waals surface area contributed by atoms with Crippen molar-refractivity contribution in [1.29, 1.82) is 0 Å². The van der Waals surface area contributed by atoms with Crippen LogP contribution in [0.1, 0.15) is 19.3 Å². The van der Waals surface area contributed by atoms with Crippen molar-refractivity contribution in [2.24, 2.45) is 5.73 Å². The van der Waals surface area contributed by atoms with Crippen molar-refractivity contribution in [3.63, 3.8) is 0 Å². The lowest BCUT2D eigenvalue weighted by atomic mass is 10.2. The molecule has 0 saturated carbocycles. The molecule has 1 aromatic rings. The monoisotopic (exact) mass is 303 g/mol. The molecular weight excluding hydrogens is 289 g/mol. The number of rotatable bonds is 6. The quantitative estimate of drug-likeness (QED) is 0.706. The van der Waals surface area contributed by atoms with Crippen molar-refractivity contribution in [3.05, 3.63) is 28.2 Å². The Balaban J connectivity index is 2.27. The van der Waals surface area contributed by atoms with E-state index < -0.39 is 6.03 Å². The van der Waals surface area contributed by atoms with Crippen molar-refractivity contribution in [2.75, 3.05) is 11.9 Å². The number of unbranched alkanes of at least 4 members (excludes halogenated alkanes) is 1. The first-order valence-electron chi connectivity index (χ1n) is 5.77. The van der Waals surface area contributed by atoms with Crippen LogP contribution >= 0.6 is 23.2 Å². The summed E-state index contributed by atoms with van der Waals surface area (Å²) in [6.45, 7) is 0.468. The van der Waals surface area contributed by atoms with Crippen LogP contribution < -0.4 is 16.4 Å². The average molecular weight is 304 g/mol. The van der Waals surface area contributed by atoms with E-state index in [1.54, 1.807) is 18.2 Å². The van der Waals surface area contributed by atoms with Crippen LogP contribution in [0, 0.1) is 0 Å². The molecule has 19 heavy (non-hydrogen) atoms. The molecule has 3 amide bonds. The lowest BCUT2D eigenvalue weighted by Gasteiger charge is -2.06. The van der Waals surface area contributed by atoms with Crippen LogP contribution in [-0.4, -0.2) is 18.5 Å². The van der Waals surface area contributed by atoms with E-state index in [-0.39, 0.29) is 5.91 Å². The standard InChI is InChI=1S/C12H15Cl2N3O2/c13-9-5-4-8(7-10(9)14)17-11(18)3-1-2-6-16-12(15)19/h4-5,7H,1-3,6H2,(H,17,18)(H3,15,16,19). The number of hydrogen-bond acceptors (Lipinski definition) is 2. The fourth-order valence-corrected chi connectivity index (χ4v) is 1.72. The Morgan fingerprint density at radius 1 is 1.16 bits per heavy atom. The van der Waals surface area contributed by atoms with Crippen LogP contribution in [-0.2, 0) is 4.79 Å². The summed E-state index contributed by atoms with van der Waals surface area (Å²) < 4.78 is 0. The molecule has 1 rings (SSSR count). The van der Waals surface area contributed by atoms with E-state index in [4.69, 9.17) is 28.9 Å². The maximum absolute atomic E-state index is 11.6. The van der Waals surface area contributed by atoms with Gasteiger partial charge in [-0.2, -0.15) is 0 Å². The Morgan fingerprint density at radius 2 is 1.89 bits per heavy atom. The molecule has 5 nitrogen and oxygen atoms in total. The van der Waals surface area contributed by atoms with Gasteiger partial charge in [0.2, 0.25) is 5.91 Å². The van der Waals surface area contributed by atoms with E-state index in [2.05, 4.69) is 10.6 Å². The molecule has 0 aliphatic heterocycles. The SMILES string of the molecule is NC(=O)NCCCCC(=O)Nc1ccc(Cl)c(Cl)c1. The molecule has 0 radical (unpaired) electrons. The van der Waals surface area contributed by atoms with Gasteiger partial charge in [-0.15, -0.1) is 0 Å². The number of nitrogens with one attached hydrogen (secondary N) is 2. The van der Waals surface area contributed by atoms with Crippen molar-refractivity contribution in [3.8, 4) is 0 Å². The van der Waals surface area contributed by atoms with E-state index >= 15 is 0 Å². The molecule has 0 atom stereocenters.